The Kier molecular flexibility index (Phi) is 4.95. The summed E-state index contributed by atoms with van der Waals surface area (Å²) in [7, 11) is 0. The zero-order valence-corrected chi connectivity index (χ0v) is 14.2. The summed E-state index contributed by atoms with van der Waals surface area (Å²) in [5.74, 6) is 1.77. The van der Waals surface area contributed by atoms with Gasteiger partial charge in [-0.1, -0.05) is 73.9 Å². The number of hydrogen-bond donors (Lipinski definition) is 0. The fourth-order valence-corrected chi connectivity index (χ4v) is 3.53. The molecule has 1 fully saturated rings. The predicted molar refractivity (Wildman–Crippen MR) is 96.0 cm³/mol. The monoisotopic (exact) mass is 306 g/mol. The summed E-state index contributed by atoms with van der Waals surface area (Å²) < 4.78 is 0. The molecule has 0 aliphatic heterocycles. The lowest BCUT2D eigenvalue weighted by Gasteiger charge is -2.26. The molecule has 120 valence electrons. The lowest BCUT2D eigenvalue weighted by Crippen LogP contribution is -2.11. The minimum atomic E-state index is 0.206. The zero-order valence-electron chi connectivity index (χ0n) is 14.2. The lowest BCUT2D eigenvalue weighted by atomic mass is 9.79. The van der Waals surface area contributed by atoms with Crippen LogP contribution in [0, 0.1) is 12.8 Å². The molecular formula is C22H26O. The van der Waals surface area contributed by atoms with E-state index in [1.54, 1.807) is 0 Å². The van der Waals surface area contributed by atoms with E-state index in [1.807, 2.05) is 24.3 Å². The van der Waals surface area contributed by atoms with Crippen LogP contribution in [-0.2, 0) is 6.42 Å². The van der Waals surface area contributed by atoms with Crippen molar-refractivity contribution in [2.45, 2.75) is 51.9 Å². The average molecular weight is 306 g/mol. The number of hydrogen-bond acceptors (Lipinski definition) is 1. The lowest BCUT2D eigenvalue weighted by molar-refractivity contribution is 0.0993. The third kappa shape index (κ3) is 4.10. The maximum absolute atomic E-state index is 12.4. The van der Waals surface area contributed by atoms with Crippen LogP contribution in [0.1, 0.15) is 65.6 Å². The van der Waals surface area contributed by atoms with Gasteiger partial charge in [0.2, 0.25) is 0 Å². The quantitative estimate of drug-likeness (QED) is 0.661. The zero-order chi connectivity index (χ0) is 16.2. The predicted octanol–water partition coefficient (Wildman–Crippen LogP) is 5.71. The Bertz CT molecular complexity index is 643. The summed E-state index contributed by atoms with van der Waals surface area (Å²) >= 11 is 0. The van der Waals surface area contributed by atoms with Crippen LogP contribution in [0.15, 0.2) is 48.5 Å². The van der Waals surface area contributed by atoms with Gasteiger partial charge in [0, 0.05) is 12.0 Å². The number of rotatable bonds is 4. The average Bonchev–Trinajstić information content (AvgIpc) is 2.58. The molecule has 1 heteroatoms. The van der Waals surface area contributed by atoms with Crippen molar-refractivity contribution < 1.29 is 4.79 Å². The van der Waals surface area contributed by atoms with Gasteiger partial charge in [0.15, 0.2) is 5.78 Å². The van der Waals surface area contributed by atoms with Crippen molar-refractivity contribution in [1.29, 1.82) is 0 Å². The number of ketones is 1. The molecule has 1 saturated carbocycles. The fraction of sp³-hybridized carbons (Fsp3) is 0.409. The van der Waals surface area contributed by atoms with Crippen LogP contribution in [0.4, 0.5) is 0 Å². The Balaban J connectivity index is 1.64. The molecule has 0 unspecified atom stereocenters. The molecule has 0 spiro atoms. The second kappa shape index (κ2) is 7.12. The van der Waals surface area contributed by atoms with E-state index in [0.29, 0.717) is 12.3 Å². The molecule has 23 heavy (non-hydrogen) atoms. The molecule has 0 heterocycles. The largest absolute Gasteiger partial charge is 0.294 e. The van der Waals surface area contributed by atoms with E-state index >= 15 is 0 Å². The molecule has 2 aromatic rings. The minimum Gasteiger partial charge on any atom is -0.294 e. The number of benzene rings is 2. The van der Waals surface area contributed by atoms with Gasteiger partial charge in [0.25, 0.3) is 0 Å². The van der Waals surface area contributed by atoms with Gasteiger partial charge in [-0.25, -0.2) is 0 Å². The highest BCUT2D eigenvalue weighted by Gasteiger charge is 2.19. The normalized spacial score (nSPS) is 21.1. The topological polar surface area (TPSA) is 17.1 Å². The smallest absolute Gasteiger partial charge is 0.167 e. The van der Waals surface area contributed by atoms with Gasteiger partial charge >= 0.3 is 0 Å². The SMILES string of the molecule is Cc1ccc(CC(=O)c2ccc(C3CCC(C)CC3)cc2)cc1. The molecule has 1 aliphatic rings. The summed E-state index contributed by atoms with van der Waals surface area (Å²) in [5.41, 5.74) is 4.56. The Morgan fingerprint density at radius 2 is 1.52 bits per heavy atom. The van der Waals surface area contributed by atoms with E-state index < -0.39 is 0 Å². The molecule has 1 aliphatic carbocycles. The molecule has 0 bridgehead atoms. The van der Waals surface area contributed by atoms with Gasteiger partial charge in [-0.15, -0.1) is 0 Å². The van der Waals surface area contributed by atoms with E-state index in [1.165, 1.54) is 36.8 Å². The first-order valence-corrected chi connectivity index (χ1v) is 8.80. The summed E-state index contributed by atoms with van der Waals surface area (Å²) in [6.45, 7) is 4.42. The third-order valence-electron chi connectivity index (χ3n) is 5.21. The van der Waals surface area contributed by atoms with Crippen molar-refractivity contribution in [3.63, 3.8) is 0 Å². The highest BCUT2D eigenvalue weighted by molar-refractivity contribution is 5.97. The standard InChI is InChI=1S/C22H26O/c1-16-3-7-18(8-4-16)15-22(23)21-13-11-20(12-14-21)19-9-5-17(2)6-10-19/h3-4,7-8,11-14,17,19H,5-6,9-10,15H2,1-2H3. The van der Waals surface area contributed by atoms with Crippen LogP contribution in [0.25, 0.3) is 0 Å². The van der Waals surface area contributed by atoms with Gasteiger partial charge in [-0.3, -0.25) is 4.79 Å². The maximum atomic E-state index is 12.4. The second-order valence-electron chi connectivity index (χ2n) is 7.16. The van der Waals surface area contributed by atoms with E-state index in [4.69, 9.17) is 0 Å². The van der Waals surface area contributed by atoms with Crippen molar-refractivity contribution >= 4 is 5.78 Å². The first kappa shape index (κ1) is 16.0. The highest BCUT2D eigenvalue weighted by Crippen LogP contribution is 2.35. The molecule has 0 saturated heterocycles. The molecule has 2 aromatic carbocycles. The molecule has 0 aromatic heterocycles. The van der Waals surface area contributed by atoms with E-state index in [9.17, 15) is 4.79 Å². The van der Waals surface area contributed by atoms with Crippen molar-refractivity contribution in [1.82, 2.24) is 0 Å². The van der Waals surface area contributed by atoms with Gasteiger partial charge in [0.1, 0.15) is 0 Å². The molecular weight excluding hydrogens is 280 g/mol. The summed E-state index contributed by atoms with van der Waals surface area (Å²) in [6, 6.07) is 16.6. The molecule has 0 atom stereocenters. The number of carbonyl (C=O) groups excluding carboxylic acids is 1. The van der Waals surface area contributed by atoms with E-state index in [2.05, 4.69) is 38.1 Å². The molecule has 0 N–H and O–H groups in total. The van der Waals surface area contributed by atoms with E-state index in [-0.39, 0.29) is 5.78 Å². The van der Waals surface area contributed by atoms with Gasteiger partial charge in [-0.2, -0.15) is 0 Å². The van der Waals surface area contributed by atoms with Crippen LogP contribution in [0.3, 0.4) is 0 Å². The second-order valence-corrected chi connectivity index (χ2v) is 7.16. The van der Waals surface area contributed by atoms with Crippen molar-refractivity contribution in [2.75, 3.05) is 0 Å². The van der Waals surface area contributed by atoms with Crippen molar-refractivity contribution in [2.24, 2.45) is 5.92 Å². The summed E-state index contributed by atoms with van der Waals surface area (Å²) in [5, 5.41) is 0. The first-order chi connectivity index (χ1) is 11.1. The maximum Gasteiger partial charge on any atom is 0.167 e. The Morgan fingerprint density at radius 3 is 2.13 bits per heavy atom. The van der Waals surface area contributed by atoms with Crippen LogP contribution in [0.5, 0.6) is 0 Å². The van der Waals surface area contributed by atoms with E-state index in [0.717, 1.165) is 17.0 Å². The van der Waals surface area contributed by atoms with Crippen molar-refractivity contribution in [3.8, 4) is 0 Å². The molecule has 0 amide bonds. The van der Waals surface area contributed by atoms with Gasteiger partial charge < -0.3 is 0 Å². The summed E-state index contributed by atoms with van der Waals surface area (Å²) in [4.78, 5) is 12.4. The first-order valence-electron chi connectivity index (χ1n) is 8.80. The third-order valence-corrected chi connectivity index (χ3v) is 5.21. The highest BCUT2D eigenvalue weighted by atomic mass is 16.1. The molecule has 3 rings (SSSR count). The van der Waals surface area contributed by atoms with Crippen molar-refractivity contribution in [3.05, 3.63) is 70.8 Å². The summed E-state index contributed by atoms with van der Waals surface area (Å²) in [6.07, 6.45) is 5.73. The Hall–Kier alpha value is -1.89. The van der Waals surface area contributed by atoms with Crippen LogP contribution >= 0.6 is 0 Å². The van der Waals surface area contributed by atoms with Crippen LogP contribution in [0.2, 0.25) is 0 Å². The minimum absolute atomic E-state index is 0.206. The van der Waals surface area contributed by atoms with Crippen LogP contribution in [-0.4, -0.2) is 5.78 Å². The molecule has 1 nitrogen and oxygen atoms in total. The van der Waals surface area contributed by atoms with Gasteiger partial charge in [0.05, 0.1) is 0 Å². The fourth-order valence-electron chi connectivity index (χ4n) is 3.53. The number of Topliss-reactive ketones (excluding diaryl/α,β-unsaturated/α-hetero) is 1. The Labute approximate surface area is 139 Å². The van der Waals surface area contributed by atoms with Crippen LogP contribution < -0.4 is 0 Å². The Morgan fingerprint density at radius 1 is 0.913 bits per heavy atom. The molecule has 0 radical (unpaired) electrons. The van der Waals surface area contributed by atoms with Gasteiger partial charge in [-0.05, 0) is 42.7 Å². The number of aryl methyl sites for hydroxylation is 1. The number of carbonyl (C=O) groups is 1.